The van der Waals surface area contributed by atoms with E-state index in [1.165, 1.54) is 0 Å². The first-order chi connectivity index (χ1) is 27.8. The second-order valence-corrected chi connectivity index (χ2v) is 13.6. The number of pyridine rings is 2. The molecule has 0 fully saturated rings. The van der Waals surface area contributed by atoms with Crippen molar-refractivity contribution in [1.29, 1.82) is 0 Å². The predicted molar refractivity (Wildman–Crippen MR) is 227 cm³/mol. The maximum Gasteiger partial charge on any atom is 0.141 e. The third-order valence-corrected chi connectivity index (χ3v) is 10.2. The lowest BCUT2D eigenvalue weighted by Gasteiger charge is -2.26. The Kier molecular flexibility index (Phi) is 8.39. The molecular weight excluding hydrogens is 689 g/mol. The van der Waals surface area contributed by atoms with Crippen LogP contribution in [-0.2, 0) is 0 Å². The lowest BCUT2D eigenvalue weighted by Crippen LogP contribution is -2.10. The normalized spacial score (nSPS) is 11.2. The van der Waals surface area contributed by atoms with Crippen LogP contribution in [0.15, 0.2) is 216 Å². The van der Waals surface area contributed by atoms with Crippen LogP contribution < -0.4 is 9.80 Å². The van der Waals surface area contributed by atoms with Crippen molar-refractivity contribution in [2.75, 3.05) is 9.80 Å². The number of nitrogens with zero attached hydrogens (tertiary/aromatic N) is 4. The second-order valence-electron chi connectivity index (χ2n) is 13.6. The Hall–Kier alpha value is -7.70. The highest BCUT2D eigenvalue weighted by molar-refractivity contribution is 5.95. The Balaban J connectivity index is 0.934. The van der Waals surface area contributed by atoms with Gasteiger partial charge in [-0.1, -0.05) is 72.8 Å². The molecule has 6 aromatic carbocycles. The monoisotopic (exact) mass is 722 g/mol. The summed E-state index contributed by atoms with van der Waals surface area (Å²) in [6.45, 7) is 0. The fourth-order valence-electron chi connectivity index (χ4n) is 7.43. The van der Waals surface area contributed by atoms with Gasteiger partial charge in [0.15, 0.2) is 0 Å². The van der Waals surface area contributed by atoms with Crippen molar-refractivity contribution in [2.45, 2.75) is 0 Å². The molecule has 6 nitrogen and oxygen atoms in total. The van der Waals surface area contributed by atoms with Crippen molar-refractivity contribution < 1.29 is 8.83 Å². The third-order valence-electron chi connectivity index (χ3n) is 10.2. The van der Waals surface area contributed by atoms with E-state index in [2.05, 4.69) is 153 Å². The summed E-state index contributed by atoms with van der Waals surface area (Å²) in [7, 11) is 0. The molecule has 10 rings (SSSR count). The molecule has 56 heavy (non-hydrogen) atoms. The Morgan fingerprint density at radius 2 is 0.679 bits per heavy atom. The summed E-state index contributed by atoms with van der Waals surface area (Å²) in [6.07, 6.45) is 11.0. The molecular formula is C50H34N4O2. The predicted octanol–water partition coefficient (Wildman–Crippen LogP) is 13.9. The zero-order valence-electron chi connectivity index (χ0n) is 30.2. The van der Waals surface area contributed by atoms with Crippen LogP contribution >= 0.6 is 0 Å². The summed E-state index contributed by atoms with van der Waals surface area (Å²) in [5.74, 6) is 1.74. The highest BCUT2D eigenvalue weighted by atomic mass is 16.3. The average Bonchev–Trinajstić information content (AvgIpc) is 3.91. The minimum atomic E-state index is 0.871. The van der Waals surface area contributed by atoms with Crippen molar-refractivity contribution in [2.24, 2.45) is 0 Å². The number of anilines is 6. The van der Waals surface area contributed by atoms with Crippen molar-refractivity contribution in [3.63, 3.8) is 0 Å². The van der Waals surface area contributed by atoms with Gasteiger partial charge in [-0.3, -0.25) is 9.97 Å². The van der Waals surface area contributed by atoms with Gasteiger partial charge in [0.2, 0.25) is 0 Å². The molecule has 0 bridgehead atoms. The first-order valence-corrected chi connectivity index (χ1v) is 18.5. The molecule has 0 amide bonds. The molecule has 0 aliphatic rings. The molecule has 0 atom stereocenters. The van der Waals surface area contributed by atoms with E-state index >= 15 is 0 Å². The van der Waals surface area contributed by atoms with E-state index in [4.69, 9.17) is 8.83 Å². The highest BCUT2D eigenvalue weighted by Gasteiger charge is 2.17. The summed E-state index contributed by atoms with van der Waals surface area (Å²) >= 11 is 0. The molecule has 0 spiro atoms. The molecule has 0 unspecified atom stereocenters. The Morgan fingerprint density at radius 3 is 1.04 bits per heavy atom. The van der Waals surface area contributed by atoms with Crippen LogP contribution in [0.1, 0.15) is 0 Å². The van der Waals surface area contributed by atoms with Gasteiger partial charge >= 0.3 is 0 Å². The van der Waals surface area contributed by atoms with E-state index in [0.29, 0.717) is 0 Å². The summed E-state index contributed by atoms with van der Waals surface area (Å²) in [5.41, 5.74) is 10.4. The molecule has 10 aromatic rings. The minimum absolute atomic E-state index is 0.871. The van der Waals surface area contributed by atoms with Gasteiger partial charge in [0.1, 0.15) is 11.5 Å². The highest BCUT2D eigenvalue weighted by Crippen LogP contribution is 2.40. The van der Waals surface area contributed by atoms with Crippen LogP contribution in [0.5, 0.6) is 0 Å². The molecule has 0 N–H and O–H groups in total. The number of fused-ring (bicyclic) bond motifs is 2. The summed E-state index contributed by atoms with van der Waals surface area (Å²) in [6, 6.07) is 58.9. The van der Waals surface area contributed by atoms with Crippen LogP contribution in [0.4, 0.5) is 34.1 Å². The van der Waals surface area contributed by atoms with E-state index in [1.54, 1.807) is 12.4 Å². The number of furan rings is 2. The van der Waals surface area contributed by atoms with Crippen LogP contribution in [0, 0.1) is 0 Å². The second kappa shape index (κ2) is 14.3. The molecule has 0 saturated carbocycles. The van der Waals surface area contributed by atoms with Crippen LogP contribution in [0.25, 0.3) is 55.3 Å². The molecule has 0 aliphatic carbocycles. The van der Waals surface area contributed by atoms with Crippen LogP contribution in [0.3, 0.4) is 0 Å². The maximum absolute atomic E-state index is 5.99. The Morgan fingerprint density at radius 1 is 0.321 bits per heavy atom. The first kappa shape index (κ1) is 32.9. The summed E-state index contributed by atoms with van der Waals surface area (Å²) in [4.78, 5) is 13.3. The van der Waals surface area contributed by atoms with Crippen molar-refractivity contribution in [1.82, 2.24) is 9.97 Å². The molecule has 4 heterocycles. The van der Waals surface area contributed by atoms with Crippen LogP contribution in [0.2, 0.25) is 0 Å². The number of hydrogen-bond donors (Lipinski definition) is 0. The number of benzene rings is 6. The average molecular weight is 723 g/mol. The lowest BCUT2D eigenvalue weighted by molar-refractivity contribution is 0.587. The van der Waals surface area contributed by atoms with Crippen LogP contribution in [-0.4, -0.2) is 9.97 Å². The van der Waals surface area contributed by atoms with Gasteiger partial charge in [-0.15, -0.1) is 0 Å². The lowest BCUT2D eigenvalue weighted by atomic mass is 10.0. The Labute approximate surface area is 324 Å². The van der Waals surface area contributed by atoms with E-state index in [-0.39, 0.29) is 0 Å². The SMILES string of the molecule is c1cncc(N(c2ccc(-c3ccc(N(c4ccc(-c5occ6ccccc56)cc4)c4cccnc4)cc3)cc2)c2ccc(-c3occ4ccccc34)cc2)c1. The molecule has 0 aliphatic heterocycles. The van der Waals surface area contributed by atoms with Gasteiger partial charge in [0.25, 0.3) is 0 Å². The zero-order chi connectivity index (χ0) is 37.3. The maximum atomic E-state index is 5.99. The van der Waals surface area contributed by atoms with E-state index in [9.17, 15) is 0 Å². The largest absolute Gasteiger partial charge is 0.463 e. The van der Waals surface area contributed by atoms with Gasteiger partial charge in [-0.05, 0) is 108 Å². The molecule has 266 valence electrons. The summed E-state index contributed by atoms with van der Waals surface area (Å²) < 4.78 is 12.0. The van der Waals surface area contributed by atoms with Gasteiger partial charge in [-0.25, -0.2) is 0 Å². The number of aromatic nitrogens is 2. The van der Waals surface area contributed by atoms with E-state index in [1.807, 2.05) is 61.3 Å². The van der Waals surface area contributed by atoms with Gasteiger partial charge < -0.3 is 18.6 Å². The molecule has 0 saturated heterocycles. The minimum Gasteiger partial charge on any atom is -0.463 e. The zero-order valence-corrected chi connectivity index (χ0v) is 30.2. The van der Waals surface area contributed by atoms with Crippen molar-refractivity contribution >= 4 is 55.7 Å². The van der Waals surface area contributed by atoms with Gasteiger partial charge in [0.05, 0.1) is 36.3 Å². The first-order valence-electron chi connectivity index (χ1n) is 18.5. The fourth-order valence-corrected chi connectivity index (χ4v) is 7.43. The van der Waals surface area contributed by atoms with Gasteiger partial charge in [0, 0.05) is 67.8 Å². The fraction of sp³-hybridized carbons (Fsp3) is 0. The quantitative estimate of drug-likeness (QED) is 0.148. The third kappa shape index (κ3) is 6.15. The number of hydrogen-bond acceptors (Lipinski definition) is 6. The Bertz CT molecular complexity index is 2680. The topological polar surface area (TPSA) is 58.5 Å². The molecule has 4 aromatic heterocycles. The summed E-state index contributed by atoms with van der Waals surface area (Å²) in [5, 5.41) is 4.39. The van der Waals surface area contributed by atoms with E-state index in [0.717, 1.165) is 89.4 Å². The molecule has 6 heteroatoms. The van der Waals surface area contributed by atoms with E-state index < -0.39 is 0 Å². The smallest absolute Gasteiger partial charge is 0.141 e. The van der Waals surface area contributed by atoms with Crippen molar-refractivity contribution in [3.05, 3.63) is 207 Å². The van der Waals surface area contributed by atoms with Crippen molar-refractivity contribution in [3.8, 4) is 33.8 Å². The number of rotatable bonds is 9. The standard InChI is InChI=1S/C50H34N4O2/c1-3-11-47-39(7-1)33-55-49(47)37-17-25-43(26-18-37)53(45-9-5-29-51-31-45)41-21-13-35(14-22-41)36-15-23-42(24-16-36)54(46-10-6-30-52-32-46)44-27-19-38(20-28-44)50-48-12-4-2-8-40(48)34-56-50/h1-34H. The molecule has 0 radical (unpaired) electrons. The van der Waals surface area contributed by atoms with Gasteiger partial charge in [-0.2, -0.15) is 0 Å².